The van der Waals surface area contributed by atoms with Crippen molar-refractivity contribution in [2.75, 3.05) is 40.3 Å². The number of aromatic hydroxyl groups is 1. The van der Waals surface area contributed by atoms with Gasteiger partial charge in [0.15, 0.2) is 0 Å². The summed E-state index contributed by atoms with van der Waals surface area (Å²) >= 11 is 0. The number of carboxylic acid groups (broad SMARTS) is 1. The van der Waals surface area contributed by atoms with Gasteiger partial charge >= 0.3 is 5.97 Å². The zero-order valence-corrected chi connectivity index (χ0v) is 14.2. The number of carbonyl (C=O) groups excluding carboxylic acids is 2. The molecule has 0 unspecified atom stereocenters. The lowest BCUT2D eigenvalue weighted by Gasteiger charge is -2.19. The Bertz CT molecular complexity index is 649. The number of phenols is 1. The van der Waals surface area contributed by atoms with Gasteiger partial charge in [-0.2, -0.15) is 0 Å². The molecule has 8 heteroatoms. The zero-order valence-electron chi connectivity index (χ0n) is 14.2. The second kappa shape index (κ2) is 7.98. The Morgan fingerprint density at radius 1 is 1.12 bits per heavy atom. The summed E-state index contributed by atoms with van der Waals surface area (Å²) in [4.78, 5) is 36.7. The Labute approximate surface area is 145 Å². The summed E-state index contributed by atoms with van der Waals surface area (Å²) in [5, 5.41) is 16.6. The van der Waals surface area contributed by atoms with Crippen LogP contribution in [-0.4, -0.2) is 78.7 Å². The molecule has 2 saturated heterocycles. The van der Waals surface area contributed by atoms with Crippen molar-refractivity contribution in [3.63, 3.8) is 0 Å². The fourth-order valence-electron chi connectivity index (χ4n) is 3.55. The van der Waals surface area contributed by atoms with Crippen LogP contribution in [0.2, 0.25) is 0 Å². The standard InChI is InChI=1S/C16H20N2O4.CH2O2/c1-17-6-12-8-18(9-13(12)7-17)15(20)10-3-11(16(21)22-2)5-14(19)4-10;2-1-3/h3-5,12-13,19H,6-9H2,1-2H3;1H,(H,2,3)/t12-,13+;. The molecule has 0 spiro atoms. The average Bonchev–Trinajstić information content (AvgIpc) is 3.10. The minimum Gasteiger partial charge on any atom is -0.508 e. The molecule has 1 aromatic carbocycles. The fraction of sp³-hybridized carbons (Fsp3) is 0.471. The van der Waals surface area contributed by atoms with E-state index in [4.69, 9.17) is 9.90 Å². The quantitative estimate of drug-likeness (QED) is 0.591. The molecule has 2 atom stereocenters. The van der Waals surface area contributed by atoms with Crippen LogP contribution >= 0.6 is 0 Å². The second-order valence-corrected chi connectivity index (χ2v) is 6.32. The first-order valence-electron chi connectivity index (χ1n) is 7.87. The predicted molar refractivity (Wildman–Crippen MR) is 88.5 cm³/mol. The van der Waals surface area contributed by atoms with E-state index in [1.54, 1.807) is 0 Å². The topological polar surface area (TPSA) is 107 Å². The van der Waals surface area contributed by atoms with Crippen LogP contribution in [0.3, 0.4) is 0 Å². The monoisotopic (exact) mass is 350 g/mol. The van der Waals surface area contributed by atoms with Crippen LogP contribution in [0, 0.1) is 11.8 Å². The van der Waals surface area contributed by atoms with E-state index in [0.717, 1.165) is 26.2 Å². The van der Waals surface area contributed by atoms with E-state index in [1.165, 1.54) is 25.3 Å². The van der Waals surface area contributed by atoms with E-state index in [-0.39, 0.29) is 23.7 Å². The van der Waals surface area contributed by atoms with E-state index >= 15 is 0 Å². The SMILES string of the molecule is COC(=O)c1cc(O)cc(C(=O)N2C[C@H]3CN(C)C[C@H]3C2)c1.O=CO. The maximum Gasteiger partial charge on any atom is 0.338 e. The van der Waals surface area contributed by atoms with Crippen molar-refractivity contribution in [2.24, 2.45) is 11.8 Å². The molecule has 2 aliphatic rings. The van der Waals surface area contributed by atoms with Gasteiger partial charge in [-0.3, -0.25) is 9.59 Å². The van der Waals surface area contributed by atoms with Gasteiger partial charge in [0.05, 0.1) is 12.7 Å². The molecule has 2 heterocycles. The normalized spacial score (nSPS) is 21.9. The molecule has 2 aliphatic heterocycles. The Morgan fingerprint density at radius 3 is 2.16 bits per heavy atom. The maximum absolute atomic E-state index is 12.6. The van der Waals surface area contributed by atoms with Crippen molar-refractivity contribution in [3.8, 4) is 5.75 Å². The van der Waals surface area contributed by atoms with Gasteiger partial charge in [0.2, 0.25) is 0 Å². The molecule has 136 valence electrons. The lowest BCUT2D eigenvalue weighted by atomic mass is 10.0. The van der Waals surface area contributed by atoms with Crippen molar-refractivity contribution in [1.82, 2.24) is 9.80 Å². The van der Waals surface area contributed by atoms with Crippen LogP contribution in [0.4, 0.5) is 0 Å². The highest BCUT2D eigenvalue weighted by molar-refractivity contribution is 5.98. The number of hydrogen-bond acceptors (Lipinski definition) is 6. The molecule has 2 fully saturated rings. The van der Waals surface area contributed by atoms with Crippen molar-refractivity contribution in [2.45, 2.75) is 0 Å². The van der Waals surface area contributed by atoms with Gasteiger partial charge in [-0.15, -0.1) is 0 Å². The number of benzene rings is 1. The Kier molecular flexibility index (Phi) is 5.97. The van der Waals surface area contributed by atoms with E-state index in [9.17, 15) is 14.7 Å². The van der Waals surface area contributed by atoms with Crippen LogP contribution in [0.15, 0.2) is 18.2 Å². The number of methoxy groups -OCH3 is 1. The van der Waals surface area contributed by atoms with Gasteiger partial charge in [0.25, 0.3) is 12.4 Å². The van der Waals surface area contributed by atoms with E-state index in [1.807, 2.05) is 4.90 Å². The van der Waals surface area contributed by atoms with E-state index in [2.05, 4.69) is 16.7 Å². The van der Waals surface area contributed by atoms with Crippen molar-refractivity contribution in [3.05, 3.63) is 29.3 Å². The maximum atomic E-state index is 12.6. The number of carbonyl (C=O) groups is 3. The smallest absolute Gasteiger partial charge is 0.338 e. The number of nitrogens with zero attached hydrogens (tertiary/aromatic N) is 2. The largest absolute Gasteiger partial charge is 0.508 e. The van der Waals surface area contributed by atoms with Crippen LogP contribution in [0.5, 0.6) is 5.75 Å². The summed E-state index contributed by atoms with van der Waals surface area (Å²) in [6.45, 7) is 3.25. The third-order valence-corrected chi connectivity index (χ3v) is 4.54. The number of fused-ring (bicyclic) bond motifs is 1. The van der Waals surface area contributed by atoms with Crippen molar-refractivity contribution in [1.29, 1.82) is 0 Å². The molecule has 0 aromatic heterocycles. The molecular formula is C17H22N2O6. The highest BCUT2D eigenvalue weighted by Gasteiger charge is 2.40. The average molecular weight is 350 g/mol. The number of phenolic OH excluding ortho intramolecular Hbond substituents is 1. The molecule has 0 aliphatic carbocycles. The van der Waals surface area contributed by atoms with Gasteiger partial charge in [0.1, 0.15) is 5.75 Å². The van der Waals surface area contributed by atoms with Gasteiger partial charge in [-0.25, -0.2) is 4.79 Å². The number of hydrogen-bond donors (Lipinski definition) is 2. The molecule has 0 saturated carbocycles. The van der Waals surface area contributed by atoms with Gasteiger partial charge in [0, 0.05) is 31.7 Å². The van der Waals surface area contributed by atoms with Crippen molar-refractivity contribution < 1.29 is 29.3 Å². The first-order valence-corrected chi connectivity index (χ1v) is 7.87. The number of amides is 1. The first-order chi connectivity index (χ1) is 11.9. The molecule has 3 rings (SSSR count). The van der Waals surface area contributed by atoms with E-state index in [0.29, 0.717) is 17.4 Å². The summed E-state index contributed by atoms with van der Waals surface area (Å²) in [7, 11) is 3.37. The number of ether oxygens (including phenoxy) is 1. The van der Waals surface area contributed by atoms with Gasteiger partial charge in [-0.1, -0.05) is 0 Å². The highest BCUT2D eigenvalue weighted by atomic mass is 16.5. The van der Waals surface area contributed by atoms with Crippen LogP contribution in [0.1, 0.15) is 20.7 Å². The summed E-state index contributed by atoms with van der Waals surface area (Å²) in [5.74, 6) is 0.228. The molecular weight excluding hydrogens is 328 g/mol. The Balaban J connectivity index is 0.000000701. The number of rotatable bonds is 2. The number of likely N-dealkylation sites (tertiary alicyclic amines) is 2. The second-order valence-electron chi connectivity index (χ2n) is 6.32. The first kappa shape index (κ1) is 18.7. The summed E-state index contributed by atoms with van der Waals surface area (Å²) in [6.07, 6.45) is 0. The minimum atomic E-state index is -0.565. The molecule has 0 bridgehead atoms. The lowest BCUT2D eigenvalue weighted by Crippen LogP contribution is -2.32. The fourth-order valence-corrected chi connectivity index (χ4v) is 3.55. The Morgan fingerprint density at radius 2 is 1.64 bits per heavy atom. The summed E-state index contributed by atoms with van der Waals surface area (Å²) in [5.41, 5.74) is 0.513. The van der Waals surface area contributed by atoms with Crippen LogP contribution < -0.4 is 0 Å². The molecule has 0 radical (unpaired) electrons. The molecule has 1 aromatic rings. The van der Waals surface area contributed by atoms with Gasteiger partial charge in [-0.05, 0) is 37.1 Å². The van der Waals surface area contributed by atoms with Crippen molar-refractivity contribution >= 4 is 18.3 Å². The summed E-state index contributed by atoms with van der Waals surface area (Å²) in [6, 6.07) is 4.18. The predicted octanol–water partition coefficient (Wildman–Crippen LogP) is 0.513. The third-order valence-electron chi connectivity index (χ3n) is 4.54. The molecule has 1 amide bonds. The molecule has 25 heavy (non-hydrogen) atoms. The molecule has 2 N–H and O–H groups in total. The highest BCUT2D eigenvalue weighted by Crippen LogP contribution is 2.31. The van der Waals surface area contributed by atoms with E-state index < -0.39 is 5.97 Å². The Hall–Kier alpha value is -2.61. The van der Waals surface area contributed by atoms with Crippen LogP contribution in [-0.2, 0) is 9.53 Å². The number of esters is 1. The molecule has 8 nitrogen and oxygen atoms in total. The lowest BCUT2D eigenvalue weighted by molar-refractivity contribution is -0.122. The van der Waals surface area contributed by atoms with Gasteiger partial charge < -0.3 is 24.7 Å². The zero-order chi connectivity index (χ0) is 18.6. The summed E-state index contributed by atoms with van der Waals surface area (Å²) < 4.78 is 4.64. The minimum absolute atomic E-state index is 0.106. The third kappa shape index (κ3) is 4.27. The van der Waals surface area contributed by atoms with Crippen LogP contribution in [0.25, 0.3) is 0 Å².